The number of pyridine rings is 2. The molecule has 3 atom stereocenters. The lowest BCUT2D eigenvalue weighted by molar-refractivity contribution is -0.0119. The Morgan fingerprint density at radius 2 is 2.40 bits per heavy atom. The van der Waals surface area contributed by atoms with Gasteiger partial charge in [-0.15, -0.1) is 0 Å². The molecule has 0 amide bonds. The molecule has 0 aromatic carbocycles. The zero-order valence-electron chi connectivity index (χ0n) is 13.9. The van der Waals surface area contributed by atoms with Gasteiger partial charge in [-0.2, -0.15) is 0 Å². The van der Waals surface area contributed by atoms with E-state index in [1.807, 2.05) is 0 Å². The standard InChI is InChI=1S/C16H20N6O3/c1-24-11-6-14-12(19-7-11)3-5-16(23)22(14)8-13(20-21-18)15-4-2-10(17)9-25-15/h3,5-7,10,13,15H,2,4,8-9,17H2,1H3/t10-,13+,15-/m1/s1. The van der Waals surface area contributed by atoms with E-state index in [-0.39, 0.29) is 24.2 Å². The first-order valence-electron chi connectivity index (χ1n) is 8.07. The van der Waals surface area contributed by atoms with Crippen LogP contribution in [-0.2, 0) is 11.3 Å². The van der Waals surface area contributed by atoms with Crippen molar-refractivity contribution in [1.82, 2.24) is 9.55 Å². The van der Waals surface area contributed by atoms with E-state index in [0.29, 0.717) is 29.8 Å². The zero-order chi connectivity index (χ0) is 17.8. The van der Waals surface area contributed by atoms with Crippen molar-refractivity contribution >= 4 is 11.0 Å². The fraction of sp³-hybridized carbons (Fsp3) is 0.500. The van der Waals surface area contributed by atoms with Crippen LogP contribution in [0.3, 0.4) is 0 Å². The summed E-state index contributed by atoms with van der Waals surface area (Å²) in [5.74, 6) is 0.548. The Kier molecular flexibility index (Phi) is 5.18. The number of aromatic nitrogens is 2. The maximum atomic E-state index is 12.4. The van der Waals surface area contributed by atoms with Crippen molar-refractivity contribution in [2.24, 2.45) is 10.8 Å². The third-order valence-electron chi connectivity index (χ3n) is 4.39. The normalized spacial score (nSPS) is 21.5. The lowest BCUT2D eigenvalue weighted by Crippen LogP contribution is -2.42. The van der Waals surface area contributed by atoms with Gasteiger partial charge < -0.3 is 19.8 Å². The molecular weight excluding hydrogens is 324 g/mol. The van der Waals surface area contributed by atoms with Gasteiger partial charge >= 0.3 is 0 Å². The van der Waals surface area contributed by atoms with Crippen molar-refractivity contribution in [3.05, 3.63) is 45.2 Å². The third-order valence-corrected chi connectivity index (χ3v) is 4.39. The van der Waals surface area contributed by atoms with Crippen LogP contribution in [0.1, 0.15) is 12.8 Å². The van der Waals surface area contributed by atoms with E-state index in [2.05, 4.69) is 15.0 Å². The fourth-order valence-electron chi connectivity index (χ4n) is 3.03. The molecule has 3 heterocycles. The molecule has 2 N–H and O–H groups in total. The summed E-state index contributed by atoms with van der Waals surface area (Å²) >= 11 is 0. The number of fused-ring (bicyclic) bond motifs is 1. The Hall–Kier alpha value is -2.61. The molecular formula is C16H20N6O3. The largest absolute Gasteiger partial charge is 0.495 e. The van der Waals surface area contributed by atoms with E-state index in [0.717, 1.165) is 6.42 Å². The molecule has 0 aliphatic carbocycles. The maximum absolute atomic E-state index is 12.4. The summed E-state index contributed by atoms with van der Waals surface area (Å²) in [6.07, 6.45) is 2.80. The van der Waals surface area contributed by atoms with Crippen molar-refractivity contribution in [2.75, 3.05) is 13.7 Å². The summed E-state index contributed by atoms with van der Waals surface area (Å²) in [5.41, 5.74) is 15.8. The van der Waals surface area contributed by atoms with Gasteiger partial charge in [-0.05, 0) is 24.4 Å². The minimum absolute atomic E-state index is 0.00305. The highest BCUT2D eigenvalue weighted by molar-refractivity contribution is 5.75. The first-order chi connectivity index (χ1) is 12.1. The fourth-order valence-corrected chi connectivity index (χ4v) is 3.03. The Bertz CT molecular complexity index is 853. The quantitative estimate of drug-likeness (QED) is 0.500. The third kappa shape index (κ3) is 3.74. The zero-order valence-corrected chi connectivity index (χ0v) is 13.9. The molecule has 0 radical (unpaired) electrons. The van der Waals surface area contributed by atoms with Crippen molar-refractivity contribution in [3.63, 3.8) is 0 Å². The van der Waals surface area contributed by atoms with Gasteiger partial charge in [0.15, 0.2) is 0 Å². The molecule has 25 heavy (non-hydrogen) atoms. The molecule has 0 bridgehead atoms. The van der Waals surface area contributed by atoms with Gasteiger partial charge in [-0.1, -0.05) is 5.11 Å². The van der Waals surface area contributed by atoms with Crippen LogP contribution in [0, 0.1) is 0 Å². The lowest BCUT2D eigenvalue weighted by atomic mass is 10.00. The van der Waals surface area contributed by atoms with Crippen LogP contribution < -0.4 is 16.0 Å². The van der Waals surface area contributed by atoms with E-state index in [9.17, 15) is 4.79 Å². The van der Waals surface area contributed by atoms with Crippen LogP contribution in [0.15, 0.2) is 34.3 Å². The number of hydrogen-bond acceptors (Lipinski definition) is 6. The van der Waals surface area contributed by atoms with E-state index in [1.165, 1.54) is 13.2 Å². The average molecular weight is 344 g/mol. The molecule has 2 aromatic rings. The number of ether oxygens (including phenoxy) is 2. The highest BCUT2D eigenvalue weighted by atomic mass is 16.5. The summed E-state index contributed by atoms with van der Waals surface area (Å²) in [7, 11) is 1.54. The van der Waals surface area contributed by atoms with Crippen LogP contribution in [0.25, 0.3) is 21.5 Å². The SMILES string of the molecule is COc1cnc2ccc(=O)n(C[C@H](N=[N+]=[N-])[C@H]3CC[C@@H](N)CO3)c2c1. The number of hydrogen-bond donors (Lipinski definition) is 1. The van der Waals surface area contributed by atoms with Crippen LogP contribution >= 0.6 is 0 Å². The van der Waals surface area contributed by atoms with Gasteiger partial charge in [0.2, 0.25) is 0 Å². The maximum Gasteiger partial charge on any atom is 0.251 e. The summed E-state index contributed by atoms with van der Waals surface area (Å²) in [4.78, 5) is 19.6. The predicted molar refractivity (Wildman–Crippen MR) is 92.4 cm³/mol. The lowest BCUT2D eigenvalue weighted by Gasteiger charge is -2.31. The Labute approximate surface area is 144 Å². The molecule has 3 rings (SSSR count). The number of rotatable bonds is 5. The number of nitrogens with zero attached hydrogens (tertiary/aromatic N) is 5. The van der Waals surface area contributed by atoms with Gasteiger partial charge in [0.25, 0.3) is 5.56 Å². The second-order valence-corrected chi connectivity index (χ2v) is 6.04. The summed E-state index contributed by atoms with van der Waals surface area (Å²) in [6, 6.07) is 4.34. The highest BCUT2D eigenvalue weighted by Crippen LogP contribution is 2.21. The average Bonchev–Trinajstić information content (AvgIpc) is 2.63. The van der Waals surface area contributed by atoms with Crippen molar-refractivity contribution in [1.29, 1.82) is 0 Å². The highest BCUT2D eigenvalue weighted by Gasteiger charge is 2.27. The summed E-state index contributed by atoms with van der Waals surface area (Å²) < 4.78 is 12.5. The van der Waals surface area contributed by atoms with E-state index >= 15 is 0 Å². The van der Waals surface area contributed by atoms with Crippen LogP contribution in [0.2, 0.25) is 0 Å². The van der Waals surface area contributed by atoms with E-state index in [4.69, 9.17) is 20.7 Å². The van der Waals surface area contributed by atoms with Crippen molar-refractivity contribution in [2.45, 2.75) is 37.6 Å². The molecule has 1 saturated heterocycles. The second kappa shape index (κ2) is 7.52. The molecule has 132 valence electrons. The van der Waals surface area contributed by atoms with E-state index in [1.54, 1.807) is 22.9 Å². The van der Waals surface area contributed by atoms with Crippen molar-refractivity contribution < 1.29 is 9.47 Å². The van der Waals surface area contributed by atoms with E-state index < -0.39 is 6.04 Å². The minimum atomic E-state index is -0.507. The molecule has 9 heteroatoms. The Morgan fingerprint density at radius 3 is 3.08 bits per heavy atom. The van der Waals surface area contributed by atoms with Crippen LogP contribution in [-0.4, -0.2) is 41.5 Å². The van der Waals surface area contributed by atoms with Gasteiger partial charge in [-0.25, -0.2) is 0 Å². The van der Waals surface area contributed by atoms with Gasteiger partial charge in [0.05, 0.1) is 43.1 Å². The Morgan fingerprint density at radius 1 is 1.56 bits per heavy atom. The van der Waals surface area contributed by atoms with Gasteiger partial charge in [-0.3, -0.25) is 9.78 Å². The first kappa shape index (κ1) is 17.2. The molecule has 1 aliphatic heterocycles. The first-order valence-corrected chi connectivity index (χ1v) is 8.07. The topological polar surface area (TPSA) is 128 Å². The number of nitrogens with two attached hydrogens (primary N) is 1. The molecule has 0 spiro atoms. The molecule has 0 saturated carbocycles. The number of methoxy groups -OCH3 is 1. The van der Waals surface area contributed by atoms with Crippen molar-refractivity contribution in [3.8, 4) is 5.75 Å². The molecule has 2 aromatic heterocycles. The Balaban J connectivity index is 1.97. The number of azide groups is 1. The molecule has 0 unspecified atom stereocenters. The molecule has 1 aliphatic rings. The predicted octanol–water partition coefficient (Wildman–Crippen LogP) is 1.59. The molecule has 1 fully saturated rings. The smallest absolute Gasteiger partial charge is 0.251 e. The van der Waals surface area contributed by atoms with Crippen LogP contribution in [0.4, 0.5) is 0 Å². The second-order valence-electron chi connectivity index (χ2n) is 6.04. The summed E-state index contributed by atoms with van der Waals surface area (Å²) in [5, 5.41) is 3.86. The van der Waals surface area contributed by atoms with Crippen LogP contribution in [0.5, 0.6) is 5.75 Å². The van der Waals surface area contributed by atoms with Gasteiger partial charge in [0, 0.05) is 29.6 Å². The minimum Gasteiger partial charge on any atom is -0.495 e. The summed E-state index contributed by atoms with van der Waals surface area (Å²) in [6.45, 7) is 0.622. The monoisotopic (exact) mass is 344 g/mol. The van der Waals surface area contributed by atoms with Gasteiger partial charge in [0.1, 0.15) is 5.75 Å². The molecule has 9 nitrogen and oxygen atoms in total.